The van der Waals surface area contributed by atoms with Gasteiger partial charge in [0.1, 0.15) is 0 Å². The summed E-state index contributed by atoms with van der Waals surface area (Å²) in [5.41, 5.74) is 0. The molecule has 0 aliphatic heterocycles. The van der Waals surface area contributed by atoms with Crippen molar-refractivity contribution in [2.75, 3.05) is 0 Å². The second-order valence-corrected chi connectivity index (χ2v) is 1.22. The van der Waals surface area contributed by atoms with Gasteiger partial charge in [-0.1, -0.05) is 0 Å². The molecule has 9 heteroatoms. The van der Waals surface area contributed by atoms with Gasteiger partial charge in [-0.05, 0) is 0 Å². The minimum atomic E-state index is -5.17. The summed E-state index contributed by atoms with van der Waals surface area (Å²) in [5.74, 6) is 0. The monoisotopic (exact) mass is 393 g/mol. The number of rotatable bonds is 0. The van der Waals surface area contributed by atoms with Crippen LogP contribution < -0.4 is 154 Å². The van der Waals surface area contributed by atoms with E-state index in [0.29, 0.717) is 0 Å². The summed E-state index contributed by atoms with van der Waals surface area (Å²) in [4.78, 5) is 0. The maximum absolute atomic E-state index is 8.52. The molecule has 0 aromatic rings. The predicted molar refractivity (Wildman–Crippen MR) is 10.5 cm³/mol. The van der Waals surface area contributed by atoms with Crippen LogP contribution in [0.5, 0.6) is 0 Å². The topological polar surface area (TPSA) is 80.3 Å². The van der Waals surface area contributed by atoms with Crippen molar-refractivity contribution in [3.63, 3.8) is 0 Å². The van der Waals surface area contributed by atoms with Crippen molar-refractivity contribution >= 4 is 10.4 Å². The first-order valence-corrected chi connectivity index (χ1v) is 2.00. The molecule has 0 aromatic carbocycles. The van der Waals surface area contributed by atoms with Crippen LogP contribution in [0.15, 0.2) is 0 Å². The van der Waals surface area contributed by atoms with Crippen molar-refractivity contribution in [2.24, 2.45) is 0 Å². The first-order valence-electron chi connectivity index (χ1n) is 0.667. The maximum Gasteiger partial charge on any atom is 4.00 e. The molecule has 0 spiro atoms. The fourth-order valence-electron chi connectivity index (χ4n) is 0. The summed E-state index contributed by atoms with van der Waals surface area (Å²) in [5, 5.41) is 0. The van der Waals surface area contributed by atoms with Crippen molar-refractivity contribution in [1.82, 2.24) is 0 Å². The van der Waals surface area contributed by atoms with Gasteiger partial charge in [0.15, 0.2) is 0 Å². The molecule has 0 amide bonds. The minimum Gasteiger partial charge on any atom is -0.759 e. The van der Waals surface area contributed by atoms with Gasteiger partial charge in [-0.15, -0.1) is 0 Å². The van der Waals surface area contributed by atoms with Crippen molar-refractivity contribution in [2.45, 2.75) is 0 Å². The van der Waals surface area contributed by atoms with Crippen LogP contribution in [0.2, 0.25) is 0 Å². The number of hydrogen-bond donors (Lipinski definition) is 0. The molecule has 0 saturated carbocycles. The van der Waals surface area contributed by atoms with Gasteiger partial charge in [0.05, 0.1) is 0 Å². The molecule has 0 atom stereocenters. The second kappa shape index (κ2) is 16.1. The molecular formula is HfK3O4S+5. The van der Waals surface area contributed by atoms with Gasteiger partial charge in [0, 0.05) is 10.4 Å². The zero-order valence-corrected chi connectivity index (χ0v) is 19.3. The van der Waals surface area contributed by atoms with E-state index in [1.54, 1.807) is 0 Å². The Labute approximate surface area is 201 Å². The van der Waals surface area contributed by atoms with Gasteiger partial charge in [-0.25, -0.2) is 0 Å². The van der Waals surface area contributed by atoms with Crippen molar-refractivity contribution in [1.29, 1.82) is 0 Å². The van der Waals surface area contributed by atoms with Gasteiger partial charge in [0.25, 0.3) is 0 Å². The third kappa shape index (κ3) is 58.0. The Balaban J connectivity index is -0.0000000133. The Hall–Kier alpha value is 5.65. The Kier molecular flexibility index (Phi) is 52.4. The molecule has 0 bridgehead atoms. The van der Waals surface area contributed by atoms with E-state index in [4.69, 9.17) is 17.5 Å². The molecule has 0 aliphatic rings. The standard InChI is InChI=1S/Hf.3K.H2O4S/c;;;;1-5(2,3)4/h;;;;(H2,1,2,3,4)/q+4;3*+1;/p-2. The SMILES string of the molecule is O=S(=O)([O-])[O-].[Hf+4].[K+].[K+].[K+]. The zero-order valence-electron chi connectivity index (χ0n) is 5.54. The molecule has 0 unspecified atom stereocenters. The molecule has 4 nitrogen and oxygen atoms in total. The smallest absolute Gasteiger partial charge is 0.759 e. The van der Waals surface area contributed by atoms with Crippen LogP contribution in [0.25, 0.3) is 0 Å². The normalized spacial score (nSPS) is 6.44. The first-order chi connectivity index (χ1) is 2.00. The van der Waals surface area contributed by atoms with Crippen molar-refractivity contribution in [3.05, 3.63) is 0 Å². The summed E-state index contributed by atoms with van der Waals surface area (Å²) >= 11 is 0. The van der Waals surface area contributed by atoms with E-state index in [0.717, 1.165) is 0 Å². The van der Waals surface area contributed by atoms with Crippen LogP contribution in [0, 0.1) is 0 Å². The van der Waals surface area contributed by atoms with Gasteiger partial charge >= 0.3 is 180 Å². The predicted octanol–water partition coefficient (Wildman–Crippen LogP) is -10.3. The Morgan fingerprint density at radius 2 is 0.889 bits per heavy atom. The third-order valence-electron chi connectivity index (χ3n) is 0. The summed E-state index contributed by atoms with van der Waals surface area (Å²) in [7, 11) is -5.17. The second-order valence-electron chi connectivity index (χ2n) is 0.408. The fraction of sp³-hybridized carbons (Fsp3) is 0. The van der Waals surface area contributed by atoms with E-state index < -0.39 is 10.4 Å². The van der Waals surface area contributed by atoms with E-state index in [-0.39, 0.29) is 180 Å². The molecule has 0 rings (SSSR count). The molecule has 0 radical (unpaired) electrons. The van der Waals surface area contributed by atoms with E-state index in [1.165, 1.54) is 0 Å². The van der Waals surface area contributed by atoms with E-state index >= 15 is 0 Å². The molecule has 0 saturated heterocycles. The molecule has 0 aromatic heterocycles. The number of hydrogen-bond acceptors (Lipinski definition) is 4. The van der Waals surface area contributed by atoms with E-state index in [1.807, 2.05) is 0 Å². The Morgan fingerprint density at radius 1 is 0.889 bits per heavy atom. The molecule has 32 valence electrons. The van der Waals surface area contributed by atoms with Gasteiger partial charge in [0.2, 0.25) is 0 Å². The molecule has 0 fully saturated rings. The van der Waals surface area contributed by atoms with Crippen molar-refractivity contribution in [3.8, 4) is 0 Å². The minimum absolute atomic E-state index is 0. The first kappa shape index (κ1) is 29.3. The summed E-state index contributed by atoms with van der Waals surface area (Å²) in [6.07, 6.45) is 0. The summed E-state index contributed by atoms with van der Waals surface area (Å²) in [6.45, 7) is 0. The van der Waals surface area contributed by atoms with E-state index in [2.05, 4.69) is 0 Å². The quantitative estimate of drug-likeness (QED) is 0.233. The Bertz CT molecular complexity index is 99.0. The van der Waals surface area contributed by atoms with Crippen LogP contribution in [-0.2, 0) is 36.2 Å². The van der Waals surface area contributed by atoms with Gasteiger partial charge < -0.3 is 9.11 Å². The average Bonchev–Trinajstić information content (AvgIpc) is 0.722. The molecule has 0 aliphatic carbocycles. The largest absolute Gasteiger partial charge is 4.00 e. The maximum atomic E-state index is 8.52. The van der Waals surface area contributed by atoms with Crippen LogP contribution in [0.1, 0.15) is 0 Å². The van der Waals surface area contributed by atoms with Crippen LogP contribution in [-0.4, -0.2) is 17.5 Å². The molecule has 0 heterocycles. The van der Waals surface area contributed by atoms with Gasteiger partial charge in [-0.2, -0.15) is 0 Å². The molecular weight excluding hydrogens is 392 g/mol. The Morgan fingerprint density at radius 3 is 0.889 bits per heavy atom. The van der Waals surface area contributed by atoms with Gasteiger partial charge in [-0.3, -0.25) is 8.42 Å². The summed E-state index contributed by atoms with van der Waals surface area (Å²) in [6, 6.07) is 0. The summed E-state index contributed by atoms with van der Waals surface area (Å²) < 4.78 is 34.1. The van der Waals surface area contributed by atoms with Crippen molar-refractivity contribution < 1.29 is 198 Å². The van der Waals surface area contributed by atoms with E-state index in [9.17, 15) is 0 Å². The third-order valence-corrected chi connectivity index (χ3v) is 0. The molecule has 9 heavy (non-hydrogen) atoms. The fourth-order valence-corrected chi connectivity index (χ4v) is 0. The van der Waals surface area contributed by atoms with Crippen LogP contribution in [0.3, 0.4) is 0 Å². The zero-order chi connectivity index (χ0) is 4.50. The molecule has 0 N–H and O–H groups in total. The van der Waals surface area contributed by atoms with Crippen LogP contribution in [0.4, 0.5) is 0 Å². The average molecular weight is 392 g/mol. The van der Waals surface area contributed by atoms with Crippen LogP contribution >= 0.6 is 0 Å².